The summed E-state index contributed by atoms with van der Waals surface area (Å²) in [5.74, 6) is 1.17. The number of nitrogens with two attached hydrogens (primary N) is 1. The third kappa shape index (κ3) is 2.61. The SMILES string of the molecule is CN1CCCC(Nc2nc(N)nc3ccccc23)C1. The highest BCUT2D eigenvalue weighted by Crippen LogP contribution is 2.23. The van der Waals surface area contributed by atoms with E-state index in [0.717, 1.165) is 23.3 Å². The van der Waals surface area contributed by atoms with E-state index in [4.69, 9.17) is 5.73 Å². The summed E-state index contributed by atoms with van der Waals surface area (Å²) >= 11 is 0. The molecule has 1 fully saturated rings. The van der Waals surface area contributed by atoms with Gasteiger partial charge in [0.25, 0.3) is 0 Å². The van der Waals surface area contributed by atoms with Gasteiger partial charge in [0.15, 0.2) is 0 Å². The Hall–Kier alpha value is -1.88. The molecule has 100 valence electrons. The number of piperidine rings is 1. The Balaban J connectivity index is 1.91. The second-order valence-corrected chi connectivity index (χ2v) is 5.19. The number of fused-ring (bicyclic) bond motifs is 1. The van der Waals surface area contributed by atoms with Crippen LogP contribution in [0.4, 0.5) is 11.8 Å². The molecule has 2 aromatic rings. The fraction of sp³-hybridized carbons (Fsp3) is 0.429. The van der Waals surface area contributed by atoms with Crippen molar-refractivity contribution in [2.75, 3.05) is 31.2 Å². The van der Waals surface area contributed by atoms with Gasteiger partial charge in [-0.2, -0.15) is 4.98 Å². The van der Waals surface area contributed by atoms with Gasteiger partial charge < -0.3 is 16.0 Å². The molecule has 1 aliphatic heterocycles. The predicted molar refractivity (Wildman–Crippen MR) is 78.1 cm³/mol. The second kappa shape index (κ2) is 5.01. The molecule has 0 spiro atoms. The van der Waals surface area contributed by atoms with Gasteiger partial charge in [-0.25, -0.2) is 4.98 Å². The van der Waals surface area contributed by atoms with Crippen LogP contribution >= 0.6 is 0 Å². The maximum absolute atomic E-state index is 5.78. The van der Waals surface area contributed by atoms with Crippen LogP contribution in [0.2, 0.25) is 0 Å². The number of aromatic nitrogens is 2. The van der Waals surface area contributed by atoms with Crippen LogP contribution in [0.3, 0.4) is 0 Å². The van der Waals surface area contributed by atoms with Crippen molar-refractivity contribution in [3.05, 3.63) is 24.3 Å². The van der Waals surface area contributed by atoms with E-state index in [2.05, 4.69) is 27.2 Å². The zero-order chi connectivity index (χ0) is 13.2. The van der Waals surface area contributed by atoms with Gasteiger partial charge in [-0.05, 0) is 38.6 Å². The summed E-state index contributed by atoms with van der Waals surface area (Å²) < 4.78 is 0. The highest BCUT2D eigenvalue weighted by Gasteiger charge is 2.18. The van der Waals surface area contributed by atoms with Crippen molar-refractivity contribution in [3.63, 3.8) is 0 Å². The molecule has 1 aliphatic rings. The molecule has 3 N–H and O–H groups in total. The molecular weight excluding hydrogens is 238 g/mol. The van der Waals surface area contributed by atoms with E-state index in [1.807, 2.05) is 24.3 Å². The molecule has 19 heavy (non-hydrogen) atoms. The van der Waals surface area contributed by atoms with Crippen molar-refractivity contribution in [1.29, 1.82) is 0 Å². The van der Waals surface area contributed by atoms with E-state index in [0.29, 0.717) is 12.0 Å². The van der Waals surface area contributed by atoms with Crippen LogP contribution in [0.1, 0.15) is 12.8 Å². The number of para-hydroxylation sites is 1. The first-order valence-corrected chi connectivity index (χ1v) is 6.70. The Morgan fingerprint density at radius 3 is 3.00 bits per heavy atom. The summed E-state index contributed by atoms with van der Waals surface area (Å²) in [6.45, 7) is 2.21. The third-order valence-electron chi connectivity index (χ3n) is 3.59. The molecule has 1 unspecified atom stereocenters. The molecule has 2 heterocycles. The number of likely N-dealkylation sites (N-methyl/N-ethyl adjacent to an activating group) is 1. The first-order chi connectivity index (χ1) is 9.22. The minimum atomic E-state index is 0.324. The minimum Gasteiger partial charge on any atom is -0.368 e. The molecule has 1 atom stereocenters. The van der Waals surface area contributed by atoms with Gasteiger partial charge in [-0.15, -0.1) is 0 Å². The fourth-order valence-electron chi connectivity index (χ4n) is 2.68. The molecule has 5 heteroatoms. The number of anilines is 2. The van der Waals surface area contributed by atoms with Crippen molar-refractivity contribution in [3.8, 4) is 0 Å². The van der Waals surface area contributed by atoms with E-state index in [9.17, 15) is 0 Å². The molecular formula is C14H19N5. The molecule has 3 rings (SSSR count). The van der Waals surface area contributed by atoms with Crippen LogP contribution in [-0.4, -0.2) is 41.0 Å². The van der Waals surface area contributed by atoms with E-state index in [1.165, 1.54) is 19.4 Å². The average molecular weight is 257 g/mol. The first-order valence-electron chi connectivity index (χ1n) is 6.70. The molecule has 1 aromatic carbocycles. The van der Waals surface area contributed by atoms with Crippen molar-refractivity contribution < 1.29 is 0 Å². The topological polar surface area (TPSA) is 67.1 Å². The van der Waals surface area contributed by atoms with Crippen molar-refractivity contribution >= 4 is 22.7 Å². The van der Waals surface area contributed by atoms with Crippen LogP contribution in [0.25, 0.3) is 10.9 Å². The van der Waals surface area contributed by atoms with Crippen molar-refractivity contribution in [1.82, 2.24) is 14.9 Å². The lowest BCUT2D eigenvalue weighted by Gasteiger charge is -2.30. The quantitative estimate of drug-likeness (QED) is 0.857. The van der Waals surface area contributed by atoms with Gasteiger partial charge in [-0.1, -0.05) is 12.1 Å². The lowest BCUT2D eigenvalue weighted by molar-refractivity contribution is 0.261. The van der Waals surface area contributed by atoms with Crippen LogP contribution in [0.5, 0.6) is 0 Å². The van der Waals surface area contributed by atoms with Gasteiger partial charge in [-0.3, -0.25) is 0 Å². The summed E-state index contributed by atoms with van der Waals surface area (Å²) in [4.78, 5) is 11.0. The Bertz CT molecular complexity index is 583. The van der Waals surface area contributed by atoms with Crippen LogP contribution < -0.4 is 11.1 Å². The summed E-state index contributed by atoms with van der Waals surface area (Å²) in [6, 6.07) is 8.39. The smallest absolute Gasteiger partial charge is 0.222 e. The number of hydrogen-bond acceptors (Lipinski definition) is 5. The Labute approximate surface area is 112 Å². The lowest BCUT2D eigenvalue weighted by atomic mass is 10.1. The normalized spacial score (nSPS) is 20.6. The first kappa shape index (κ1) is 12.2. The van der Waals surface area contributed by atoms with Crippen LogP contribution in [0.15, 0.2) is 24.3 Å². The molecule has 0 aliphatic carbocycles. The fourth-order valence-corrected chi connectivity index (χ4v) is 2.68. The van der Waals surface area contributed by atoms with Gasteiger partial charge in [0.2, 0.25) is 5.95 Å². The van der Waals surface area contributed by atoms with E-state index in [-0.39, 0.29) is 0 Å². The molecule has 0 radical (unpaired) electrons. The molecule has 5 nitrogen and oxygen atoms in total. The van der Waals surface area contributed by atoms with E-state index < -0.39 is 0 Å². The van der Waals surface area contributed by atoms with Crippen molar-refractivity contribution in [2.24, 2.45) is 0 Å². The second-order valence-electron chi connectivity index (χ2n) is 5.19. The number of rotatable bonds is 2. The number of hydrogen-bond donors (Lipinski definition) is 2. The number of benzene rings is 1. The molecule has 1 aromatic heterocycles. The minimum absolute atomic E-state index is 0.324. The van der Waals surface area contributed by atoms with Crippen molar-refractivity contribution in [2.45, 2.75) is 18.9 Å². The van der Waals surface area contributed by atoms with Gasteiger partial charge >= 0.3 is 0 Å². The van der Waals surface area contributed by atoms with Crippen LogP contribution in [0, 0.1) is 0 Å². The summed E-state index contributed by atoms with van der Waals surface area (Å²) in [7, 11) is 2.15. The maximum atomic E-state index is 5.78. The van der Waals surface area contributed by atoms with E-state index in [1.54, 1.807) is 0 Å². The average Bonchev–Trinajstić information content (AvgIpc) is 2.38. The highest BCUT2D eigenvalue weighted by molar-refractivity contribution is 5.89. The van der Waals surface area contributed by atoms with Gasteiger partial charge in [0.05, 0.1) is 5.52 Å². The van der Waals surface area contributed by atoms with E-state index >= 15 is 0 Å². The third-order valence-corrected chi connectivity index (χ3v) is 3.59. The Kier molecular flexibility index (Phi) is 3.21. The summed E-state index contributed by atoms with van der Waals surface area (Å²) in [5.41, 5.74) is 6.67. The maximum Gasteiger partial charge on any atom is 0.222 e. The molecule has 1 saturated heterocycles. The van der Waals surface area contributed by atoms with Gasteiger partial charge in [0.1, 0.15) is 5.82 Å². The summed E-state index contributed by atoms with van der Waals surface area (Å²) in [5, 5.41) is 4.55. The number of nitrogens with one attached hydrogen (secondary N) is 1. The number of nitrogen functional groups attached to an aromatic ring is 1. The Morgan fingerprint density at radius 1 is 1.32 bits per heavy atom. The number of nitrogens with zero attached hydrogens (tertiary/aromatic N) is 3. The standard InChI is InChI=1S/C14H19N5/c1-19-8-4-5-10(9-19)16-13-11-6-2-3-7-12(11)17-14(15)18-13/h2-3,6-7,10H,4-5,8-9H2,1H3,(H3,15,16,17,18). The zero-order valence-electron chi connectivity index (χ0n) is 11.1. The predicted octanol–water partition coefficient (Wildman–Crippen LogP) is 1.72. The summed E-state index contributed by atoms with van der Waals surface area (Å²) in [6.07, 6.45) is 2.38. The monoisotopic (exact) mass is 257 g/mol. The number of likely N-dealkylation sites (tertiary alicyclic amines) is 1. The highest BCUT2D eigenvalue weighted by atomic mass is 15.2. The Morgan fingerprint density at radius 2 is 2.16 bits per heavy atom. The molecule has 0 bridgehead atoms. The lowest BCUT2D eigenvalue weighted by Crippen LogP contribution is -2.40. The zero-order valence-corrected chi connectivity index (χ0v) is 11.1. The molecule has 0 saturated carbocycles. The molecule has 0 amide bonds. The largest absolute Gasteiger partial charge is 0.368 e. The van der Waals surface area contributed by atoms with Gasteiger partial charge in [0, 0.05) is 18.0 Å². The van der Waals surface area contributed by atoms with Crippen LogP contribution in [-0.2, 0) is 0 Å².